The Labute approximate surface area is 140 Å². The number of hydrogen-bond donors (Lipinski definition) is 3. The van der Waals surface area contributed by atoms with Gasteiger partial charge in [0.05, 0.1) is 17.8 Å². The first kappa shape index (κ1) is 14.8. The lowest BCUT2D eigenvalue weighted by atomic mass is 10.2. The highest BCUT2D eigenvalue weighted by Crippen LogP contribution is 2.28. The van der Waals surface area contributed by atoms with E-state index in [0.29, 0.717) is 11.4 Å². The molecule has 3 heterocycles. The van der Waals surface area contributed by atoms with Crippen molar-refractivity contribution in [3.63, 3.8) is 0 Å². The summed E-state index contributed by atoms with van der Waals surface area (Å²) in [6, 6.07) is 5.96. The molecule has 3 aromatic rings. The van der Waals surface area contributed by atoms with Gasteiger partial charge in [0.2, 0.25) is 5.95 Å². The number of carboxylic acid groups (broad SMARTS) is 1. The van der Waals surface area contributed by atoms with Gasteiger partial charge in [0, 0.05) is 5.69 Å². The van der Waals surface area contributed by atoms with Crippen LogP contribution in [0.5, 0.6) is 0 Å². The summed E-state index contributed by atoms with van der Waals surface area (Å²) < 4.78 is 0. The van der Waals surface area contributed by atoms with Crippen molar-refractivity contribution in [2.45, 2.75) is 6.54 Å². The molecule has 0 fully saturated rings. The van der Waals surface area contributed by atoms with Gasteiger partial charge >= 0.3 is 5.97 Å². The van der Waals surface area contributed by atoms with Crippen LogP contribution in [0.4, 0.5) is 17.5 Å². The molecule has 1 aliphatic rings. The molecular formula is C15H11N7O3. The molecule has 0 bridgehead atoms. The van der Waals surface area contributed by atoms with Gasteiger partial charge in [0.25, 0.3) is 5.91 Å². The number of carboxylic acids is 1. The number of rotatable bonds is 2. The Bertz CT molecular complexity index is 1050. The molecule has 0 spiro atoms. The molecule has 0 unspecified atom stereocenters. The zero-order chi connectivity index (χ0) is 17.7. The number of nitrogens with zero attached hydrogens (tertiary/aromatic N) is 5. The zero-order valence-electron chi connectivity index (χ0n) is 12.7. The summed E-state index contributed by atoms with van der Waals surface area (Å²) in [6.45, 7) is 0.188. The number of amides is 1. The zero-order valence-corrected chi connectivity index (χ0v) is 12.7. The van der Waals surface area contributed by atoms with Crippen molar-refractivity contribution in [2.75, 3.05) is 16.4 Å². The maximum atomic E-state index is 12.6. The number of fused-ring (bicyclic) bond motifs is 2. The van der Waals surface area contributed by atoms with E-state index in [0.717, 1.165) is 0 Å². The molecule has 124 valence electrons. The molecular weight excluding hydrogens is 326 g/mol. The van der Waals surface area contributed by atoms with Crippen molar-refractivity contribution < 1.29 is 14.7 Å². The largest absolute Gasteiger partial charge is 0.478 e. The Morgan fingerprint density at radius 3 is 2.48 bits per heavy atom. The number of aromatic nitrogens is 4. The first-order chi connectivity index (χ1) is 11.9. The van der Waals surface area contributed by atoms with Gasteiger partial charge < -0.3 is 21.5 Å². The Morgan fingerprint density at radius 1 is 1.08 bits per heavy atom. The molecule has 5 N–H and O–H groups in total. The predicted octanol–water partition coefficient (Wildman–Crippen LogP) is 0.443. The maximum absolute atomic E-state index is 12.6. The lowest BCUT2D eigenvalue weighted by Crippen LogP contribution is -2.23. The molecule has 1 amide bonds. The predicted molar refractivity (Wildman–Crippen MR) is 87.9 cm³/mol. The second-order valence-corrected chi connectivity index (χ2v) is 5.40. The fraction of sp³-hybridized carbons (Fsp3) is 0.0667. The third-order valence-corrected chi connectivity index (χ3v) is 3.83. The summed E-state index contributed by atoms with van der Waals surface area (Å²) in [5.41, 5.74) is 13.0. The van der Waals surface area contributed by atoms with E-state index in [4.69, 9.17) is 16.6 Å². The molecule has 0 atom stereocenters. The van der Waals surface area contributed by atoms with Crippen LogP contribution in [0, 0.1) is 0 Å². The van der Waals surface area contributed by atoms with Gasteiger partial charge in [-0.25, -0.2) is 14.8 Å². The van der Waals surface area contributed by atoms with Gasteiger partial charge in [-0.15, -0.1) is 0 Å². The van der Waals surface area contributed by atoms with Crippen molar-refractivity contribution >= 4 is 40.5 Å². The Balaban J connectivity index is 1.77. The normalized spacial score (nSPS) is 13.3. The number of aromatic carboxylic acids is 1. The SMILES string of the molecule is Nc1nc(N)c2nc3c(nc2n1)C(=O)N(c1ccc(C(=O)O)cc1)C3. The Kier molecular flexibility index (Phi) is 3.01. The fourth-order valence-corrected chi connectivity index (χ4v) is 2.64. The van der Waals surface area contributed by atoms with Crippen molar-refractivity contribution in [2.24, 2.45) is 0 Å². The van der Waals surface area contributed by atoms with E-state index in [1.54, 1.807) is 12.1 Å². The maximum Gasteiger partial charge on any atom is 0.335 e. The highest BCUT2D eigenvalue weighted by Gasteiger charge is 2.32. The summed E-state index contributed by atoms with van der Waals surface area (Å²) >= 11 is 0. The number of nitrogens with two attached hydrogens (primary N) is 2. The number of carbonyl (C=O) groups excluding carboxylic acids is 1. The molecule has 10 heteroatoms. The third-order valence-electron chi connectivity index (χ3n) is 3.83. The van der Waals surface area contributed by atoms with Crippen LogP contribution in [0.1, 0.15) is 26.5 Å². The molecule has 0 radical (unpaired) electrons. The summed E-state index contributed by atoms with van der Waals surface area (Å²) in [6.07, 6.45) is 0. The van der Waals surface area contributed by atoms with E-state index < -0.39 is 5.97 Å². The van der Waals surface area contributed by atoms with Crippen LogP contribution in [0.3, 0.4) is 0 Å². The molecule has 2 aromatic heterocycles. The van der Waals surface area contributed by atoms with Crippen LogP contribution >= 0.6 is 0 Å². The number of carbonyl (C=O) groups is 2. The van der Waals surface area contributed by atoms with Crippen LogP contribution in [0.15, 0.2) is 24.3 Å². The second kappa shape index (κ2) is 5.09. The van der Waals surface area contributed by atoms with E-state index in [9.17, 15) is 9.59 Å². The number of anilines is 3. The second-order valence-electron chi connectivity index (χ2n) is 5.40. The summed E-state index contributed by atoms with van der Waals surface area (Å²) in [4.78, 5) is 41.4. The summed E-state index contributed by atoms with van der Waals surface area (Å²) in [5, 5.41) is 8.96. The minimum atomic E-state index is -1.04. The monoisotopic (exact) mass is 337 g/mol. The van der Waals surface area contributed by atoms with Crippen molar-refractivity contribution in [1.82, 2.24) is 19.9 Å². The topological polar surface area (TPSA) is 161 Å². The highest BCUT2D eigenvalue weighted by atomic mass is 16.4. The lowest BCUT2D eigenvalue weighted by molar-refractivity contribution is 0.0696. The summed E-state index contributed by atoms with van der Waals surface area (Å²) in [7, 11) is 0. The fourth-order valence-electron chi connectivity index (χ4n) is 2.64. The van der Waals surface area contributed by atoms with Gasteiger partial charge in [0.15, 0.2) is 22.7 Å². The van der Waals surface area contributed by atoms with Crippen LogP contribution < -0.4 is 16.4 Å². The Hall–Kier alpha value is -3.82. The van der Waals surface area contributed by atoms with Crippen LogP contribution in [0.25, 0.3) is 11.2 Å². The number of hydrogen-bond acceptors (Lipinski definition) is 8. The first-order valence-corrected chi connectivity index (χ1v) is 7.19. The molecule has 1 aromatic carbocycles. The minimum absolute atomic E-state index is 0.0502. The van der Waals surface area contributed by atoms with Crippen molar-refractivity contribution in [1.29, 1.82) is 0 Å². The van der Waals surface area contributed by atoms with E-state index >= 15 is 0 Å². The highest BCUT2D eigenvalue weighted by molar-refractivity contribution is 6.09. The third kappa shape index (κ3) is 2.27. The van der Waals surface area contributed by atoms with E-state index in [-0.39, 0.29) is 46.6 Å². The Morgan fingerprint density at radius 2 is 1.80 bits per heavy atom. The van der Waals surface area contributed by atoms with Gasteiger partial charge in [-0.3, -0.25) is 4.79 Å². The quantitative estimate of drug-likeness (QED) is 0.602. The molecule has 0 saturated heterocycles. The van der Waals surface area contributed by atoms with Gasteiger partial charge in [0.1, 0.15) is 0 Å². The van der Waals surface area contributed by atoms with Crippen LogP contribution in [-0.2, 0) is 6.54 Å². The molecule has 10 nitrogen and oxygen atoms in total. The average Bonchev–Trinajstić information content (AvgIpc) is 2.90. The van der Waals surface area contributed by atoms with E-state index in [1.165, 1.54) is 17.0 Å². The molecule has 4 rings (SSSR count). The minimum Gasteiger partial charge on any atom is -0.478 e. The van der Waals surface area contributed by atoms with Gasteiger partial charge in [-0.05, 0) is 24.3 Å². The van der Waals surface area contributed by atoms with E-state index in [2.05, 4.69) is 19.9 Å². The van der Waals surface area contributed by atoms with Crippen molar-refractivity contribution in [3.8, 4) is 0 Å². The van der Waals surface area contributed by atoms with Gasteiger partial charge in [-0.2, -0.15) is 9.97 Å². The molecule has 1 aliphatic heterocycles. The van der Waals surface area contributed by atoms with Crippen molar-refractivity contribution in [3.05, 3.63) is 41.2 Å². The molecule has 0 saturated carbocycles. The summed E-state index contributed by atoms with van der Waals surface area (Å²) in [5.74, 6) is -1.35. The number of nitrogen functional groups attached to an aromatic ring is 2. The number of benzene rings is 1. The average molecular weight is 337 g/mol. The van der Waals surface area contributed by atoms with E-state index in [1.807, 2.05) is 0 Å². The van der Waals surface area contributed by atoms with Crippen LogP contribution in [0.2, 0.25) is 0 Å². The standard InChI is InChI=1S/C15H11N7O3/c16-11-10-12(21-15(17)20-11)19-9-8(18-10)5-22(13(9)23)7-3-1-6(2-4-7)14(24)25/h1-4H,5H2,(H,24,25)(H4,16,17,19,20,21). The smallest absolute Gasteiger partial charge is 0.335 e. The molecule has 0 aliphatic carbocycles. The molecule has 25 heavy (non-hydrogen) atoms. The lowest BCUT2D eigenvalue weighted by Gasteiger charge is -2.14. The van der Waals surface area contributed by atoms with Crippen LogP contribution in [-0.4, -0.2) is 36.9 Å². The first-order valence-electron chi connectivity index (χ1n) is 7.19. The van der Waals surface area contributed by atoms with Gasteiger partial charge in [-0.1, -0.05) is 0 Å².